The fourth-order valence-electron chi connectivity index (χ4n) is 1.19. The molecule has 0 radical (unpaired) electrons. The molecule has 0 unspecified atom stereocenters. The van der Waals surface area contributed by atoms with E-state index in [1.807, 2.05) is 0 Å². The van der Waals surface area contributed by atoms with Crippen molar-refractivity contribution in [3.05, 3.63) is 48.1 Å². The molecule has 0 spiro atoms. The van der Waals surface area contributed by atoms with E-state index in [2.05, 4.69) is 6.58 Å². The van der Waals surface area contributed by atoms with Crippen molar-refractivity contribution in [3.63, 3.8) is 0 Å². The van der Waals surface area contributed by atoms with Crippen LogP contribution in [0.3, 0.4) is 0 Å². The molecule has 0 aliphatic carbocycles. The Labute approximate surface area is 99.6 Å². The number of hydrogen-bond acceptors (Lipinski definition) is 3. The SMILES string of the molecule is C=CCOc1ccccc1/C=C(\C#N)C(N)=O. The molecule has 0 atom stereocenters. The maximum absolute atomic E-state index is 10.9. The minimum Gasteiger partial charge on any atom is -0.489 e. The third-order valence-corrected chi connectivity index (χ3v) is 1.96. The van der Waals surface area contributed by atoms with Crippen molar-refractivity contribution in [3.8, 4) is 11.8 Å². The second-order valence-electron chi connectivity index (χ2n) is 3.17. The number of amides is 1. The predicted molar refractivity (Wildman–Crippen MR) is 64.9 cm³/mol. The van der Waals surface area contributed by atoms with E-state index in [4.69, 9.17) is 15.7 Å². The van der Waals surface area contributed by atoms with Crippen LogP contribution in [0.1, 0.15) is 5.56 Å². The van der Waals surface area contributed by atoms with E-state index >= 15 is 0 Å². The molecule has 2 N–H and O–H groups in total. The third-order valence-electron chi connectivity index (χ3n) is 1.96. The van der Waals surface area contributed by atoms with Crippen LogP contribution in [0.15, 0.2) is 42.5 Å². The number of ether oxygens (including phenoxy) is 1. The highest BCUT2D eigenvalue weighted by Crippen LogP contribution is 2.20. The van der Waals surface area contributed by atoms with Gasteiger partial charge in [0.05, 0.1) is 0 Å². The number of hydrogen-bond donors (Lipinski definition) is 1. The highest BCUT2D eigenvalue weighted by atomic mass is 16.5. The second kappa shape index (κ2) is 6.13. The van der Waals surface area contributed by atoms with E-state index in [9.17, 15) is 4.79 Å². The maximum atomic E-state index is 10.9. The Morgan fingerprint density at radius 3 is 2.82 bits per heavy atom. The van der Waals surface area contributed by atoms with Crippen LogP contribution in [0, 0.1) is 11.3 Å². The zero-order chi connectivity index (χ0) is 12.7. The standard InChI is InChI=1S/C13H12N2O2/c1-2-7-17-12-6-4-3-5-10(12)8-11(9-14)13(15)16/h2-6,8H,1,7H2,(H2,15,16)/b11-8+. The van der Waals surface area contributed by atoms with E-state index in [-0.39, 0.29) is 5.57 Å². The van der Waals surface area contributed by atoms with Gasteiger partial charge in [0.2, 0.25) is 0 Å². The second-order valence-corrected chi connectivity index (χ2v) is 3.17. The molecule has 1 rings (SSSR count). The molecule has 17 heavy (non-hydrogen) atoms. The molecule has 0 fully saturated rings. The van der Waals surface area contributed by atoms with Crippen LogP contribution in [0.25, 0.3) is 6.08 Å². The van der Waals surface area contributed by atoms with Crippen molar-refractivity contribution >= 4 is 12.0 Å². The van der Waals surface area contributed by atoms with Crippen LogP contribution in [0.5, 0.6) is 5.75 Å². The lowest BCUT2D eigenvalue weighted by Crippen LogP contribution is -2.12. The summed E-state index contributed by atoms with van der Waals surface area (Å²) < 4.78 is 5.39. The molecule has 86 valence electrons. The van der Waals surface area contributed by atoms with Crippen molar-refractivity contribution in [1.29, 1.82) is 5.26 Å². The summed E-state index contributed by atoms with van der Waals surface area (Å²) in [6.45, 7) is 3.89. The van der Waals surface area contributed by atoms with Crippen molar-refractivity contribution < 1.29 is 9.53 Å². The van der Waals surface area contributed by atoms with Gasteiger partial charge >= 0.3 is 0 Å². The third kappa shape index (κ3) is 3.50. The first-order valence-corrected chi connectivity index (χ1v) is 4.93. The Balaban J connectivity index is 3.09. The zero-order valence-electron chi connectivity index (χ0n) is 9.22. The van der Waals surface area contributed by atoms with Crippen molar-refractivity contribution in [2.75, 3.05) is 6.61 Å². The average Bonchev–Trinajstić information content (AvgIpc) is 2.34. The fraction of sp³-hybridized carbons (Fsp3) is 0.0769. The summed E-state index contributed by atoms with van der Waals surface area (Å²) in [5, 5.41) is 8.75. The molecule has 0 aromatic heterocycles. The minimum absolute atomic E-state index is 0.111. The molecule has 4 nitrogen and oxygen atoms in total. The Hall–Kier alpha value is -2.54. The fourth-order valence-corrected chi connectivity index (χ4v) is 1.19. The summed E-state index contributed by atoms with van der Waals surface area (Å²) in [6.07, 6.45) is 3.01. The molecular formula is C13H12N2O2. The molecule has 0 saturated heterocycles. The number of nitriles is 1. The topological polar surface area (TPSA) is 76.1 Å². The minimum atomic E-state index is -0.758. The summed E-state index contributed by atoms with van der Waals surface area (Å²) in [7, 11) is 0. The van der Waals surface area contributed by atoms with Gasteiger partial charge in [-0.05, 0) is 12.1 Å². The largest absolute Gasteiger partial charge is 0.489 e. The van der Waals surface area contributed by atoms with Crippen molar-refractivity contribution in [1.82, 2.24) is 0 Å². The summed E-state index contributed by atoms with van der Waals surface area (Å²) >= 11 is 0. The van der Waals surface area contributed by atoms with Crippen molar-refractivity contribution in [2.24, 2.45) is 5.73 Å². The van der Waals surface area contributed by atoms with Gasteiger partial charge in [-0.2, -0.15) is 5.26 Å². The average molecular weight is 228 g/mol. The maximum Gasteiger partial charge on any atom is 0.259 e. The van der Waals surface area contributed by atoms with Crippen LogP contribution in [0.2, 0.25) is 0 Å². The van der Waals surface area contributed by atoms with E-state index < -0.39 is 5.91 Å². The number of para-hydroxylation sites is 1. The molecule has 1 aromatic carbocycles. The predicted octanol–water partition coefficient (Wildman–Crippen LogP) is 1.64. The lowest BCUT2D eigenvalue weighted by atomic mass is 10.1. The number of nitrogens with zero attached hydrogens (tertiary/aromatic N) is 1. The Bertz CT molecular complexity index is 498. The van der Waals surface area contributed by atoms with Gasteiger partial charge in [0.25, 0.3) is 5.91 Å². The van der Waals surface area contributed by atoms with Gasteiger partial charge in [0, 0.05) is 5.56 Å². The van der Waals surface area contributed by atoms with Gasteiger partial charge in [0.15, 0.2) is 0 Å². The summed E-state index contributed by atoms with van der Waals surface area (Å²) in [6, 6.07) is 8.80. The summed E-state index contributed by atoms with van der Waals surface area (Å²) in [5.41, 5.74) is 5.58. The van der Waals surface area contributed by atoms with E-state index in [0.717, 1.165) is 0 Å². The van der Waals surface area contributed by atoms with Crippen LogP contribution in [-0.2, 0) is 4.79 Å². The summed E-state index contributed by atoms with van der Waals surface area (Å²) in [5.74, 6) is -0.188. The zero-order valence-corrected chi connectivity index (χ0v) is 9.22. The van der Waals surface area contributed by atoms with Gasteiger partial charge in [0.1, 0.15) is 24.0 Å². The monoisotopic (exact) mass is 228 g/mol. The normalized spacial score (nSPS) is 10.4. The molecule has 0 saturated carbocycles. The first kappa shape index (κ1) is 12.5. The van der Waals surface area contributed by atoms with E-state index in [1.165, 1.54) is 6.08 Å². The number of benzene rings is 1. The van der Waals surface area contributed by atoms with E-state index in [1.54, 1.807) is 36.4 Å². The van der Waals surface area contributed by atoms with Crippen LogP contribution in [0.4, 0.5) is 0 Å². The molecular weight excluding hydrogens is 216 g/mol. The van der Waals surface area contributed by atoms with Gasteiger partial charge in [-0.3, -0.25) is 4.79 Å². The first-order chi connectivity index (χ1) is 8.19. The quantitative estimate of drug-likeness (QED) is 0.473. The van der Waals surface area contributed by atoms with Gasteiger partial charge in [-0.15, -0.1) is 0 Å². The lowest BCUT2D eigenvalue weighted by Gasteiger charge is -2.06. The first-order valence-electron chi connectivity index (χ1n) is 4.93. The van der Waals surface area contributed by atoms with Crippen LogP contribution >= 0.6 is 0 Å². The molecule has 1 aromatic rings. The lowest BCUT2D eigenvalue weighted by molar-refractivity contribution is -0.114. The number of nitrogens with two attached hydrogens (primary N) is 1. The number of carbonyl (C=O) groups excluding carboxylic acids is 1. The molecule has 0 aliphatic heterocycles. The van der Waals surface area contributed by atoms with E-state index in [0.29, 0.717) is 17.9 Å². The summed E-state index contributed by atoms with van der Waals surface area (Å²) in [4.78, 5) is 10.9. The van der Waals surface area contributed by atoms with Crippen LogP contribution in [-0.4, -0.2) is 12.5 Å². The van der Waals surface area contributed by atoms with Gasteiger partial charge in [-0.25, -0.2) is 0 Å². The smallest absolute Gasteiger partial charge is 0.259 e. The van der Waals surface area contributed by atoms with Gasteiger partial charge < -0.3 is 10.5 Å². The number of rotatable bonds is 5. The number of primary amides is 1. The molecule has 4 heteroatoms. The molecule has 1 amide bonds. The highest BCUT2D eigenvalue weighted by Gasteiger charge is 2.06. The Kier molecular flexibility index (Phi) is 4.52. The molecule has 0 aliphatic rings. The molecule has 0 bridgehead atoms. The highest BCUT2D eigenvalue weighted by molar-refractivity contribution is 6.00. The Morgan fingerprint density at radius 1 is 1.53 bits per heavy atom. The van der Waals surface area contributed by atoms with Gasteiger partial charge in [-0.1, -0.05) is 30.9 Å². The Morgan fingerprint density at radius 2 is 2.24 bits per heavy atom. The van der Waals surface area contributed by atoms with Crippen molar-refractivity contribution in [2.45, 2.75) is 0 Å². The van der Waals surface area contributed by atoms with Crippen LogP contribution < -0.4 is 10.5 Å². The number of carbonyl (C=O) groups is 1. The molecule has 0 heterocycles.